The molecule has 0 heterocycles. The van der Waals surface area contributed by atoms with Gasteiger partial charge in [0.1, 0.15) is 5.60 Å². The summed E-state index contributed by atoms with van der Waals surface area (Å²) in [4.78, 5) is 27.6. The molecule has 0 aromatic heterocycles. The molecular weight excluding hydrogens is 224 g/mol. The van der Waals surface area contributed by atoms with Crippen molar-refractivity contribution in [2.75, 3.05) is 14.2 Å². The van der Waals surface area contributed by atoms with Gasteiger partial charge in [0.05, 0.1) is 13.2 Å². The largest absolute Gasteiger partial charge is 0.460 e. The van der Waals surface area contributed by atoms with E-state index in [9.17, 15) is 9.59 Å². The zero-order valence-electron chi connectivity index (χ0n) is 11.1. The molecule has 0 aromatic rings. The fraction of sp³-hybridized carbons (Fsp3) is 0.818. The first kappa shape index (κ1) is 15.9. The predicted octanol–water partition coefficient (Wildman–Crippen LogP) is 0.455. The fourth-order valence-corrected chi connectivity index (χ4v) is 1.11. The van der Waals surface area contributed by atoms with E-state index in [0.717, 1.165) is 5.06 Å². The van der Waals surface area contributed by atoms with Gasteiger partial charge in [0.25, 0.3) is 5.91 Å². The van der Waals surface area contributed by atoms with Crippen LogP contribution in [0, 0.1) is 0 Å². The number of amides is 1. The van der Waals surface area contributed by atoms with Gasteiger partial charge in [-0.25, -0.2) is 5.06 Å². The van der Waals surface area contributed by atoms with Crippen molar-refractivity contribution in [1.82, 2.24) is 5.06 Å². The Kier molecular flexibility index (Phi) is 6.12. The molecule has 0 aromatic carbocycles. The van der Waals surface area contributed by atoms with E-state index in [-0.39, 0.29) is 24.7 Å². The van der Waals surface area contributed by atoms with Crippen LogP contribution in [0.5, 0.6) is 0 Å². The SMILES string of the molecule is CON(C)C(=O)C(N)CCC(=O)OC(C)(C)C. The van der Waals surface area contributed by atoms with E-state index in [2.05, 4.69) is 0 Å². The summed E-state index contributed by atoms with van der Waals surface area (Å²) in [5, 5.41) is 1.04. The molecule has 0 rings (SSSR count). The summed E-state index contributed by atoms with van der Waals surface area (Å²) < 4.78 is 5.10. The molecule has 100 valence electrons. The number of hydrogen-bond acceptors (Lipinski definition) is 5. The number of nitrogens with two attached hydrogens (primary N) is 1. The lowest BCUT2D eigenvalue weighted by atomic mass is 10.1. The van der Waals surface area contributed by atoms with Gasteiger partial charge in [0.2, 0.25) is 0 Å². The summed E-state index contributed by atoms with van der Waals surface area (Å²) in [6.07, 6.45) is 0.350. The van der Waals surface area contributed by atoms with Gasteiger partial charge in [0, 0.05) is 13.5 Å². The third-order valence-corrected chi connectivity index (χ3v) is 1.98. The second-order valence-corrected chi connectivity index (χ2v) is 4.75. The van der Waals surface area contributed by atoms with Gasteiger partial charge in [-0.15, -0.1) is 0 Å². The van der Waals surface area contributed by atoms with E-state index in [4.69, 9.17) is 15.3 Å². The molecule has 0 spiro atoms. The van der Waals surface area contributed by atoms with Crippen LogP contribution in [-0.2, 0) is 19.2 Å². The van der Waals surface area contributed by atoms with Gasteiger partial charge in [-0.05, 0) is 27.2 Å². The Morgan fingerprint density at radius 2 is 1.88 bits per heavy atom. The Bertz CT molecular complexity index is 273. The van der Waals surface area contributed by atoms with Crippen LogP contribution in [0.1, 0.15) is 33.6 Å². The number of likely N-dealkylation sites (N-methyl/N-ethyl adjacent to an activating group) is 1. The molecule has 0 saturated heterocycles. The molecule has 0 radical (unpaired) electrons. The highest BCUT2D eigenvalue weighted by molar-refractivity contribution is 5.81. The molecule has 0 bridgehead atoms. The minimum atomic E-state index is -0.757. The van der Waals surface area contributed by atoms with Gasteiger partial charge in [-0.3, -0.25) is 14.4 Å². The van der Waals surface area contributed by atoms with Crippen molar-refractivity contribution in [3.05, 3.63) is 0 Å². The normalized spacial score (nSPS) is 13.1. The zero-order chi connectivity index (χ0) is 13.6. The second-order valence-electron chi connectivity index (χ2n) is 4.75. The average molecular weight is 246 g/mol. The van der Waals surface area contributed by atoms with Crippen molar-refractivity contribution in [1.29, 1.82) is 0 Å². The van der Waals surface area contributed by atoms with E-state index >= 15 is 0 Å². The van der Waals surface area contributed by atoms with Crippen molar-refractivity contribution >= 4 is 11.9 Å². The molecule has 2 N–H and O–H groups in total. The van der Waals surface area contributed by atoms with Crippen molar-refractivity contribution in [2.24, 2.45) is 5.73 Å². The van der Waals surface area contributed by atoms with Gasteiger partial charge in [0.15, 0.2) is 0 Å². The Morgan fingerprint density at radius 3 is 2.29 bits per heavy atom. The van der Waals surface area contributed by atoms with Crippen LogP contribution in [0.25, 0.3) is 0 Å². The number of nitrogens with zero attached hydrogens (tertiary/aromatic N) is 1. The van der Waals surface area contributed by atoms with Gasteiger partial charge < -0.3 is 10.5 Å². The molecule has 6 heteroatoms. The summed E-state index contributed by atoms with van der Waals surface area (Å²) in [7, 11) is 2.84. The number of rotatable bonds is 5. The van der Waals surface area contributed by atoms with Crippen molar-refractivity contribution < 1.29 is 19.2 Å². The Labute approximate surface area is 102 Å². The van der Waals surface area contributed by atoms with E-state index in [1.165, 1.54) is 14.2 Å². The lowest BCUT2D eigenvalue weighted by Gasteiger charge is -2.21. The van der Waals surface area contributed by atoms with Crippen LogP contribution in [0.4, 0.5) is 0 Å². The van der Waals surface area contributed by atoms with Crippen LogP contribution < -0.4 is 5.73 Å². The quantitative estimate of drug-likeness (QED) is 0.563. The highest BCUT2D eigenvalue weighted by Crippen LogP contribution is 2.10. The standard InChI is InChI=1S/C11H22N2O4/c1-11(2,3)17-9(14)7-6-8(12)10(15)13(4)16-5/h8H,6-7,12H2,1-5H3. The first-order chi connectivity index (χ1) is 7.67. The maximum atomic E-state index is 11.5. The molecule has 0 saturated carbocycles. The summed E-state index contributed by atoms with van der Waals surface area (Å²) in [6, 6.07) is -0.757. The molecule has 0 aliphatic carbocycles. The number of ether oxygens (including phenoxy) is 1. The lowest BCUT2D eigenvalue weighted by molar-refractivity contribution is -0.170. The molecule has 1 unspecified atom stereocenters. The first-order valence-electron chi connectivity index (χ1n) is 5.46. The number of carbonyl (C=O) groups excluding carboxylic acids is 2. The van der Waals surface area contributed by atoms with Crippen molar-refractivity contribution in [2.45, 2.75) is 45.3 Å². The van der Waals surface area contributed by atoms with Gasteiger partial charge in [-0.2, -0.15) is 0 Å². The smallest absolute Gasteiger partial charge is 0.306 e. The van der Waals surface area contributed by atoms with Crippen LogP contribution in [-0.4, -0.2) is 42.7 Å². The molecule has 1 atom stereocenters. The van der Waals surface area contributed by atoms with Crippen LogP contribution in [0.2, 0.25) is 0 Å². The Balaban J connectivity index is 4.04. The van der Waals surface area contributed by atoms with Gasteiger partial charge in [-0.1, -0.05) is 0 Å². The maximum absolute atomic E-state index is 11.5. The van der Waals surface area contributed by atoms with Crippen molar-refractivity contribution in [3.63, 3.8) is 0 Å². The van der Waals surface area contributed by atoms with E-state index in [0.29, 0.717) is 0 Å². The number of hydrogen-bond donors (Lipinski definition) is 1. The topological polar surface area (TPSA) is 81.9 Å². The Hall–Kier alpha value is -1.14. The van der Waals surface area contributed by atoms with E-state index in [1.54, 1.807) is 20.8 Å². The molecule has 0 aliphatic rings. The summed E-state index contributed by atoms with van der Waals surface area (Å²) >= 11 is 0. The molecule has 0 aliphatic heterocycles. The number of carbonyl (C=O) groups is 2. The predicted molar refractivity (Wildman–Crippen MR) is 62.8 cm³/mol. The van der Waals surface area contributed by atoms with Crippen LogP contribution in [0.3, 0.4) is 0 Å². The highest BCUT2D eigenvalue weighted by Gasteiger charge is 2.21. The number of esters is 1. The highest BCUT2D eigenvalue weighted by atomic mass is 16.7. The minimum Gasteiger partial charge on any atom is -0.460 e. The molecule has 0 fully saturated rings. The van der Waals surface area contributed by atoms with Gasteiger partial charge >= 0.3 is 5.97 Å². The summed E-state index contributed by atoms with van der Waals surface area (Å²) in [5.74, 6) is -0.725. The molecule has 6 nitrogen and oxygen atoms in total. The van der Waals surface area contributed by atoms with Crippen LogP contribution in [0.15, 0.2) is 0 Å². The molecule has 1 amide bonds. The minimum absolute atomic E-state index is 0.113. The summed E-state index contributed by atoms with van der Waals surface area (Å²) in [6.45, 7) is 5.36. The number of hydroxylamine groups is 2. The maximum Gasteiger partial charge on any atom is 0.306 e. The molecular formula is C11H22N2O4. The average Bonchev–Trinajstić information content (AvgIpc) is 2.21. The van der Waals surface area contributed by atoms with Crippen LogP contribution >= 0.6 is 0 Å². The van der Waals surface area contributed by atoms with E-state index < -0.39 is 11.6 Å². The second kappa shape index (κ2) is 6.56. The fourth-order valence-electron chi connectivity index (χ4n) is 1.11. The van der Waals surface area contributed by atoms with E-state index in [1.807, 2.05) is 0 Å². The third-order valence-electron chi connectivity index (χ3n) is 1.98. The third kappa shape index (κ3) is 6.91. The Morgan fingerprint density at radius 1 is 1.35 bits per heavy atom. The van der Waals surface area contributed by atoms with Crippen molar-refractivity contribution in [3.8, 4) is 0 Å². The molecule has 17 heavy (non-hydrogen) atoms. The lowest BCUT2D eigenvalue weighted by Crippen LogP contribution is -2.41. The zero-order valence-corrected chi connectivity index (χ0v) is 11.1. The monoisotopic (exact) mass is 246 g/mol. The first-order valence-corrected chi connectivity index (χ1v) is 5.46. The summed E-state index contributed by atoms with van der Waals surface area (Å²) in [5.41, 5.74) is 5.11.